The molecule has 1 aromatic heterocycles. The summed E-state index contributed by atoms with van der Waals surface area (Å²) in [5.41, 5.74) is 0.821. The molecule has 1 saturated carbocycles. The molecule has 1 amide bonds. The monoisotopic (exact) mass is 357 g/mol. The van der Waals surface area contributed by atoms with Crippen LogP contribution in [0.15, 0.2) is 35.5 Å². The fraction of sp³-hybridized carbons (Fsp3) is 0.500. The lowest BCUT2D eigenvalue weighted by molar-refractivity contribution is -0.115. The first-order valence-corrected chi connectivity index (χ1v) is 9.83. The standard InChI is InChI=1S/C18H23N5OS/c1-13(16(24)19-14-7-3-2-4-8-14)25-18-21-20-17(22-11-5-6-12-22)23(18)15-9-10-15/h2-4,7-8,13,15H,5-6,9-12H2,1H3,(H,19,24). The number of benzene rings is 1. The van der Waals surface area contributed by atoms with Gasteiger partial charge in [0.15, 0.2) is 5.16 Å². The number of hydrogen-bond donors (Lipinski definition) is 1. The SMILES string of the molecule is CC(Sc1nnc(N2CCCC2)n1C1CC1)C(=O)Nc1ccccc1. The molecule has 132 valence electrons. The van der Waals surface area contributed by atoms with E-state index < -0.39 is 0 Å². The molecule has 6 nitrogen and oxygen atoms in total. The van der Waals surface area contributed by atoms with E-state index in [9.17, 15) is 4.79 Å². The molecule has 1 aliphatic carbocycles. The van der Waals surface area contributed by atoms with Gasteiger partial charge in [-0.25, -0.2) is 0 Å². The summed E-state index contributed by atoms with van der Waals surface area (Å²) in [6.07, 6.45) is 4.79. The number of nitrogens with zero attached hydrogens (tertiary/aromatic N) is 4. The molecule has 2 aliphatic rings. The van der Waals surface area contributed by atoms with Gasteiger partial charge in [0.1, 0.15) is 0 Å². The molecular formula is C18H23N5OS. The van der Waals surface area contributed by atoms with E-state index in [1.54, 1.807) is 0 Å². The molecule has 1 aromatic carbocycles. The summed E-state index contributed by atoms with van der Waals surface area (Å²) < 4.78 is 2.25. The van der Waals surface area contributed by atoms with Crippen LogP contribution in [0.4, 0.5) is 11.6 Å². The molecule has 1 unspecified atom stereocenters. The highest BCUT2D eigenvalue weighted by Crippen LogP contribution is 2.42. The van der Waals surface area contributed by atoms with Crippen LogP contribution in [0.2, 0.25) is 0 Å². The minimum Gasteiger partial charge on any atom is -0.341 e. The van der Waals surface area contributed by atoms with E-state index in [0.29, 0.717) is 6.04 Å². The maximum atomic E-state index is 12.5. The molecule has 1 atom stereocenters. The second-order valence-electron chi connectivity index (χ2n) is 6.69. The molecule has 2 fully saturated rings. The Morgan fingerprint density at radius 3 is 2.60 bits per heavy atom. The van der Waals surface area contributed by atoms with E-state index >= 15 is 0 Å². The predicted octanol–water partition coefficient (Wildman–Crippen LogP) is 3.33. The maximum absolute atomic E-state index is 12.5. The van der Waals surface area contributed by atoms with Gasteiger partial charge in [-0.2, -0.15) is 0 Å². The lowest BCUT2D eigenvalue weighted by atomic mass is 10.3. The fourth-order valence-corrected chi connectivity index (χ4v) is 4.03. The summed E-state index contributed by atoms with van der Waals surface area (Å²) in [7, 11) is 0. The number of amides is 1. The Morgan fingerprint density at radius 2 is 1.92 bits per heavy atom. The van der Waals surface area contributed by atoms with Crippen molar-refractivity contribution in [3.8, 4) is 0 Å². The molecule has 2 heterocycles. The highest BCUT2D eigenvalue weighted by atomic mass is 32.2. The molecular weight excluding hydrogens is 334 g/mol. The summed E-state index contributed by atoms with van der Waals surface area (Å²) in [5.74, 6) is 0.974. The molecule has 1 saturated heterocycles. The Hall–Kier alpha value is -2.02. The van der Waals surface area contributed by atoms with Gasteiger partial charge in [-0.1, -0.05) is 30.0 Å². The zero-order valence-corrected chi connectivity index (χ0v) is 15.2. The van der Waals surface area contributed by atoms with Gasteiger partial charge >= 0.3 is 0 Å². The summed E-state index contributed by atoms with van der Waals surface area (Å²) >= 11 is 1.50. The molecule has 7 heteroatoms. The molecule has 25 heavy (non-hydrogen) atoms. The van der Waals surface area contributed by atoms with Crippen molar-refractivity contribution in [3.05, 3.63) is 30.3 Å². The van der Waals surface area contributed by atoms with Gasteiger partial charge in [-0.15, -0.1) is 10.2 Å². The number of para-hydroxylation sites is 1. The second kappa shape index (κ2) is 7.07. The van der Waals surface area contributed by atoms with Crippen LogP contribution in [0.1, 0.15) is 38.6 Å². The van der Waals surface area contributed by atoms with Crippen LogP contribution >= 0.6 is 11.8 Å². The summed E-state index contributed by atoms with van der Waals surface area (Å²) in [5, 5.41) is 12.4. The molecule has 1 N–H and O–H groups in total. The zero-order chi connectivity index (χ0) is 17.2. The number of carbonyl (C=O) groups is 1. The lowest BCUT2D eigenvalue weighted by Gasteiger charge is -2.18. The van der Waals surface area contributed by atoms with Gasteiger partial charge in [-0.05, 0) is 44.7 Å². The molecule has 4 rings (SSSR count). The number of carbonyl (C=O) groups excluding carboxylic acids is 1. The van der Waals surface area contributed by atoms with E-state index in [0.717, 1.165) is 29.9 Å². The quantitative estimate of drug-likeness (QED) is 0.804. The normalized spacial score (nSPS) is 18.4. The summed E-state index contributed by atoms with van der Waals surface area (Å²) in [6, 6.07) is 10.1. The Labute approximate surface area is 152 Å². The number of anilines is 2. The van der Waals surface area contributed by atoms with E-state index in [1.807, 2.05) is 37.3 Å². The summed E-state index contributed by atoms with van der Waals surface area (Å²) in [6.45, 7) is 4.03. The molecule has 0 spiro atoms. The van der Waals surface area contributed by atoms with E-state index in [2.05, 4.69) is 25.0 Å². The predicted molar refractivity (Wildman–Crippen MR) is 100 cm³/mol. The van der Waals surface area contributed by atoms with Crippen LogP contribution in [-0.4, -0.2) is 39.0 Å². The Kier molecular flexibility index (Phi) is 4.65. The minimum absolute atomic E-state index is 0.00994. The number of thioether (sulfide) groups is 1. The average Bonchev–Trinajstić information content (AvgIpc) is 3.15. The van der Waals surface area contributed by atoms with Gasteiger partial charge in [0, 0.05) is 24.8 Å². The Balaban J connectivity index is 1.47. The maximum Gasteiger partial charge on any atom is 0.237 e. The van der Waals surface area contributed by atoms with Crippen LogP contribution in [-0.2, 0) is 4.79 Å². The van der Waals surface area contributed by atoms with Gasteiger partial charge in [0.25, 0.3) is 0 Å². The Bertz CT molecular complexity index is 737. The first-order valence-electron chi connectivity index (χ1n) is 8.95. The van der Waals surface area contributed by atoms with Crippen molar-refractivity contribution < 1.29 is 4.79 Å². The highest BCUT2D eigenvalue weighted by Gasteiger charge is 2.33. The van der Waals surface area contributed by atoms with Crippen molar-refractivity contribution >= 4 is 29.3 Å². The largest absolute Gasteiger partial charge is 0.341 e. The van der Waals surface area contributed by atoms with Crippen molar-refractivity contribution in [2.45, 2.75) is 49.1 Å². The first-order chi connectivity index (χ1) is 12.2. The van der Waals surface area contributed by atoms with E-state index in [1.165, 1.54) is 37.4 Å². The number of rotatable bonds is 6. The number of hydrogen-bond acceptors (Lipinski definition) is 5. The fourth-order valence-electron chi connectivity index (χ4n) is 3.11. The van der Waals surface area contributed by atoms with E-state index in [-0.39, 0.29) is 11.2 Å². The minimum atomic E-state index is -0.228. The zero-order valence-electron chi connectivity index (χ0n) is 14.4. The van der Waals surface area contributed by atoms with Crippen molar-refractivity contribution in [2.24, 2.45) is 0 Å². The van der Waals surface area contributed by atoms with Crippen LogP contribution < -0.4 is 10.2 Å². The molecule has 0 bridgehead atoms. The van der Waals surface area contributed by atoms with E-state index in [4.69, 9.17) is 0 Å². The first kappa shape index (κ1) is 16.4. The highest BCUT2D eigenvalue weighted by molar-refractivity contribution is 8.00. The van der Waals surface area contributed by atoms with Crippen LogP contribution in [0.3, 0.4) is 0 Å². The third kappa shape index (κ3) is 3.66. The average molecular weight is 357 g/mol. The van der Waals surface area contributed by atoms with Gasteiger partial charge in [-0.3, -0.25) is 9.36 Å². The van der Waals surface area contributed by atoms with Crippen molar-refractivity contribution in [3.63, 3.8) is 0 Å². The van der Waals surface area contributed by atoms with Crippen molar-refractivity contribution in [1.29, 1.82) is 0 Å². The second-order valence-corrected chi connectivity index (χ2v) is 8.00. The summed E-state index contributed by atoms with van der Waals surface area (Å²) in [4.78, 5) is 14.8. The molecule has 0 radical (unpaired) electrons. The van der Waals surface area contributed by atoms with Gasteiger partial charge < -0.3 is 10.2 Å². The van der Waals surface area contributed by atoms with Crippen molar-refractivity contribution in [1.82, 2.24) is 14.8 Å². The Morgan fingerprint density at radius 1 is 1.20 bits per heavy atom. The molecule has 1 aliphatic heterocycles. The van der Waals surface area contributed by atoms with Gasteiger partial charge in [0.05, 0.1) is 5.25 Å². The molecule has 2 aromatic rings. The number of aromatic nitrogens is 3. The lowest BCUT2D eigenvalue weighted by Crippen LogP contribution is -2.24. The van der Waals surface area contributed by atoms with Gasteiger partial charge in [0.2, 0.25) is 11.9 Å². The third-order valence-electron chi connectivity index (χ3n) is 4.64. The number of nitrogens with one attached hydrogen (secondary N) is 1. The van der Waals surface area contributed by atoms with Crippen molar-refractivity contribution in [2.75, 3.05) is 23.3 Å². The van der Waals surface area contributed by atoms with Crippen LogP contribution in [0.25, 0.3) is 0 Å². The van der Waals surface area contributed by atoms with Crippen LogP contribution in [0, 0.1) is 0 Å². The third-order valence-corrected chi connectivity index (χ3v) is 5.70. The smallest absolute Gasteiger partial charge is 0.237 e. The van der Waals surface area contributed by atoms with Crippen LogP contribution in [0.5, 0.6) is 0 Å². The topological polar surface area (TPSA) is 63.1 Å².